The number of sulfone groups is 1. The molecule has 0 saturated carbocycles. The Morgan fingerprint density at radius 1 is 1.00 bits per heavy atom. The molecule has 2 aromatic rings. The summed E-state index contributed by atoms with van der Waals surface area (Å²) in [5.74, 6) is 1.58. The fraction of sp³-hybridized carbons (Fsp3) is 0.381. The zero-order valence-corrected chi connectivity index (χ0v) is 17.3. The van der Waals surface area contributed by atoms with Crippen molar-refractivity contribution in [2.75, 3.05) is 25.4 Å². The molecule has 6 nitrogen and oxygen atoms in total. The Morgan fingerprint density at radius 2 is 1.71 bits per heavy atom. The third-order valence-electron chi connectivity index (χ3n) is 4.01. The highest BCUT2D eigenvalue weighted by atomic mass is 32.2. The Balaban J connectivity index is 1.90. The Morgan fingerprint density at radius 3 is 2.43 bits per heavy atom. The molecule has 0 fully saturated rings. The van der Waals surface area contributed by atoms with Crippen LogP contribution in [-0.4, -0.2) is 39.8 Å². The average Bonchev–Trinajstić information content (AvgIpc) is 2.71. The van der Waals surface area contributed by atoms with Crippen LogP contribution in [0.25, 0.3) is 0 Å². The summed E-state index contributed by atoms with van der Waals surface area (Å²) in [6.45, 7) is 6.27. The number of ether oxygens (including phenoxy) is 1. The molecule has 0 radical (unpaired) electrons. The summed E-state index contributed by atoms with van der Waals surface area (Å²) in [5, 5.41) is 6.38. The molecule has 0 aromatic heterocycles. The maximum Gasteiger partial charge on any atom is 0.191 e. The van der Waals surface area contributed by atoms with Crippen molar-refractivity contribution < 1.29 is 13.2 Å². The highest BCUT2D eigenvalue weighted by molar-refractivity contribution is 7.91. The van der Waals surface area contributed by atoms with E-state index in [2.05, 4.69) is 15.6 Å². The predicted molar refractivity (Wildman–Crippen MR) is 114 cm³/mol. The lowest BCUT2D eigenvalue weighted by Gasteiger charge is -2.12. The van der Waals surface area contributed by atoms with E-state index in [1.807, 2.05) is 44.2 Å². The molecule has 0 aliphatic heterocycles. The Kier molecular flexibility index (Phi) is 8.81. The number of para-hydroxylation sites is 1. The van der Waals surface area contributed by atoms with Crippen molar-refractivity contribution >= 4 is 15.8 Å². The number of aliphatic imine (C=N–C) groups is 1. The lowest BCUT2D eigenvalue weighted by molar-refractivity contribution is 0.336. The van der Waals surface area contributed by atoms with Crippen LogP contribution in [0, 0.1) is 0 Å². The van der Waals surface area contributed by atoms with Crippen molar-refractivity contribution in [3.63, 3.8) is 0 Å². The molecule has 7 heteroatoms. The molecule has 0 saturated heterocycles. The number of nitrogens with one attached hydrogen (secondary N) is 2. The fourth-order valence-corrected chi connectivity index (χ4v) is 3.98. The number of benzene rings is 2. The minimum atomic E-state index is -3.25. The van der Waals surface area contributed by atoms with Crippen LogP contribution in [0.4, 0.5) is 0 Å². The maximum atomic E-state index is 12.3. The van der Waals surface area contributed by atoms with Gasteiger partial charge in [-0.2, -0.15) is 0 Å². The molecule has 0 unspecified atom stereocenters. The van der Waals surface area contributed by atoms with Gasteiger partial charge in [-0.25, -0.2) is 13.4 Å². The van der Waals surface area contributed by atoms with Gasteiger partial charge in [0.25, 0.3) is 0 Å². The zero-order chi connectivity index (χ0) is 20.2. The third-order valence-corrected chi connectivity index (χ3v) is 5.83. The van der Waals surface area contributed by atoms with E-state index in [0.29, 0.717) is 37.0 Å². The predicted octanol–water partition coefficient (Wildman–Crippen LogP) is 3.00. The van der Waals surface area contributed by atoms with Gasteiger partial charge in [0.15, 0.2) is 15.8 Å². The van der Waals surface area contributed by atoms with Gasteiger partial charge >= 0.3 is 0 Å². The summed E-state index contributed by atoms with van der Waals surface area (Å²) in [6.07, 6.45) is 0.497. The molecular weight excluding hydrogens is 374 g/mol. The van der Waals surface area contributed by atoms with E-state index in [1.165, 1.54) is 0 Å². The summed E-state index contributed by atoms with van der Waals surface area (Å²) in [6, 6.07) is 16.4. The van der Waals surface area contributed by atoms with Crippen LogP contribution in [0.5, 0.6) is 5.75 Å². The van der Waals surface area contributed by atoms with Gasteiger partial charge in [0.1, 0.15) is 5.75 Å². The largest absolute Gasteiger partial charge is 0.494 e. The van der Waals surface area contributed by atoms with Crippen molar-refractivity contribution in [1.82, 2.24) is 10.6 Å². The van der Waals surface area contributed by atoms with Crippen LogP contribution < -0.4 is 15.4 Å². The van der Waals surface area contributed by atoms with E-state index in [1.54, 1.807) is 24.3 Å². The van der Waals surface area contributed by atoms with Crippen molar-refractivity contribution in [3.8, 4) is 5.75 Å². The molecule has 152 valence electrons. The van der Waals surface area contributed by atoms with Crippen LogP contribution in [0.15, 0.2) is 64.5 Å². The standard InChI is InChI=1S/C21H29N3O3S/c1-3-22-21(24-17-18-11-8-9-14-20(18)27-4-2)23-15-10-16-28(25,26)19-12-6-5-7-13-19/h5-9,11-14H,3-4,10,15-17H2,1-2H3,(H2,22,23,24). The average molecular weight is 404 g/mol. The Bertz CT molecular complexity index is 852. The van der Waals surface area contributed by atoms with Gasteiger partial charge in [-0.3, -0.25) is 0 Å². The summed E-state index contributed by atoms with van der Waals surface area (Å²) in [7, 11) is -3.25. The maximum absolute atomic E-state index is 12.3. The second-order valence-electron chi connectivity index (χ2n) is 6.15. The van der Waals surface area contributed by atoms with Crippen LogP contribution in [0.3, 0.4) is 0 Å². The van der Waals surface area contributed by atoms with Crippen molar-refractivity contribution in [2.45, 2.75) is 31.7 Å². The third kappa shape index (κ3) is 6.88. The van der Waals surface area contributed by atoms with Gasteiger partial charge in [-0.05, 0) is 38.5 Å². The van der Waals surface area contributed by atoms with Gasteiger partial charge < -0.3 is 15.4 Å². The number of nitrogens with zero attached hydrogens (tertiary/aromatic N) is 1. The Labute approximate surface area is 168 Å². The number of hydrogen-bond acceptors (Lipinski definition) is 4. The molecule has 0 atom stereocenters. The van der Waals surface area contributed by atoms with E-state index < -0.39 is 9.84 Å². The van der Waals surface area contributed by atoms with Crippen LogP contribution >= 0.6 is 0 Å². The van der Waals surface area contributed by atoms with Crippen LogP contribution in [-0.2, 0) is 16.4 Å². The molecular formula is C21H29N3O3S. The summed E-state index contributed by atoms with van der Waals surface area (Å²) >= 11 is 0. The van der Waals surface area contributed by atoms with Gasteiger partial charge in [-0.15, -0.1) is 0 Å². The number of hydrogen-bond donors (Lipinski definition) is 2. The first-order valence-electron chi connectivity index (χ1n) is 9.57. The van der Waals surface area contributed by atoms with E-state index in [4.69, 9.17) is 4.74 Å². The lowest BCUT2D eigenvalue weighted by Crippen LogP contribution is -2.38. The molecule has 0 amide bonds. The molecule has 2 N–H and O–H groups in total. The molecule has 0 aliphatic rings. The number of rotatable bonds is 10. The molecule has 0 spiro atoms. The minimum Gasteiger partial charge on any atom is -0.494 e. The zero-order valence-electron chi connectivity index (χ0n) is 16.5. The molecule has 2 aromatic carbocycles. The summed E-state index contributed by atoms with van der Waals surface area (Å²) < 4.78 is 30.3. The van der Waals surface area contributed by atoms with Crippen molar-refractivity contribution in [1.29, 1.82) is 0 Å². The summed E-state index contributed by atoms with van der Waals surface area (Å²) in [5.41, 5.74) is 1.01. The monoisotopic (exact) mass is 403 g/mol. The normalized spacial score (nSPS) is 11.9. The van der Waals surface area contributed by atoms with Gasteiger partial charge in [0, 0.05) is 18.7 Å². The van der Waals surface area contributed by atoms with E-state index in [9.17, 15) is 8.42 Å². The quantitative estimate of drug-likeness (QED) is 0.362. The SMILES string of the molecule is CCNC(=NCc1ccccc1OCC)NCCCS(=O)(=O)c1ccccc1. The molecule has 0 aliphatic carbocycles. The number of guanidine groups is 1. The van der Waals surface area contributed by atoms with Gasteiger partial charge in [-0.1, -0.05) is 36.4 Å². The van der Waals surface area contributed by atoms with Gasteiger partial charge in [0.05, 0.1) is 23.8 Å². The second-order valence-corrected chi connectivity index (χ2v) is 8.26. The van der Waals surface area contributed by atoms with E-state index >= 15 is 0 Å². The van der Waals surface area contributed by atoms with Crippen LogP contribution in [0.1, 0.15) is 25.8 Å². The molecule has 28 heavy (non-hydrogen) atoms. The van der Waals surface area contributed by atoms with Crippen molar-refractivity contribution in [2.24, 2.45) is 4.99 Å². The Hall–Kier alpha value is -2.54. The molecule has 2 rings (SSSR count). The van der Waals surface area contributed by atoms with Crippen molar-refractivity contribution in [3.05, 3.63) is 60.2 Å². The smallest absolute Gasteiger partial charge is 0.191 e. The summed E-state index contributed by atoms with van der Waals surface area (Å²) in [4.78, 5) is 4.95. The lowest BCUT2D eigenvalue weighted by atomic mass is 10.2. The second kappa shape index (κ2) is 11.3. The van der Waals surface area contributed by atoms with Crippen LogP contribution in [0.2, 0.25) is 0 Å². The first-order chi connectivity index (χ1) is 13.6. The highest BCUT2D eigenvalue weighted by Crippen LogP contribution is 2.18. The van der Waals surface area contributed by atoms with E-state index in [-0.39, 0.29) is 5.75 Å². The first kappa shape index (κ1) is 21.8. The minimum absolute atomic E-state index is 0.0938. The molecule has 0 heterocycles. The molecule has 0 bridgehead atoms. The van der Waals surface area contributed by atoms with Gasteiger partial charge in [0.2, 0.25) is 0 Å². The topological polar surface area (TPSA) is 79.8 Å². The first-order valence-corrected chi connectivity index (χ1v) is 11.2. The fourth-order valence-electron chi connectivity index (χ4n) is 2.65. The highest BCUT2D eigenvalue weighted by Gasteiger charge is 2.13. The van der Waals surface area contributed by atoms with E-state index in [0.717, 1.165) is 17.9 Å².